The quantitative estimate of drug-likeness (QED) is 0.367. The van der Waals surface area contributed by atoms with Crippen molar-refractivity contribution in [3.05, 3.63) is 57.6 Å². The maximum Gasteiger partial charge on any atom is 0.209 e. The molecular formula is C19H21Cl2N5O2S. The molecule has 0 atom stereocenters. The average molecular weight is 454 g/mol. The van der Waals surface area contributed by atoms with E-state index in [1.54, 1.807) is 35.7 Å². The van der Waals surface area contributed by atoms with E-state index in [2.05, 4.69) is 20.8 Å². The lowest BCUT2D eigenvalue weighted by atomic mass is 10.1. The number of aromatic nitrogens is 4. The van der Waals surface area contributed by atoms with Crippen molar-refractivity contribution in [2.45, 2.75) is 18.3 Å². The third-order valence-electron chi connectivity index (χ3n) is 4.11. The number of ether oxygens (including phenoxy) is 2. The van der Waals surface area contributed by atoms with Crippen LogP contribution in [0.4, 0.5) is 0 Å². The lowest BCUT2D eigenvalue weighted by Crippen LogP contribution is -2.17. The van der Waals surface area contributed by atoms with E-state index in [1.165, 1.54) is 0 Å². The summed E-state index contributed by atoms with van der Waals surface area (Å²) in [6, 6.07) is 11.2. The predicted octanol–water partition coefficient (Wildman–Crippen LogP) is 3.99. The van der Waals surface area contributed by atoms with Crippen molar-refractivity contribution >= 4 is 35.0 Å². The number of para-hydroxylation sites is 1. The van der Waals surface area contributed by atoms with Gasteiger partial charge in [-0.2, -0.15) is 0 Å². The van der Waals surface area contributed by atoms with Crippen LogP contribution in [0.3, 0.4) is 0 Å². The molecule has 0 saturated carbocycles. The molecule has 3 rings (SSSR count). The molecule has 0 aliphatic carbocycles. The zero-order valence-electron chi connectivity index (χ0n) is 16.1. The van der Waals surface area contributed by atoms with Crippen molar-refractivity contribution in [3.63, 3.8) is 0 Å². The first-order chi connectivity index (χ1) is 14.1. The first-order valence-corrected chi connectivity index (χ1v) is 10.6. The number of nitrogens with zero attached hydrogens (tertiary/aromatic N) is 4. The van der Waals surface area contributed by atoms with Crippen LogP contribution in [0.1, 0.15) is 11.1 Å². The third-order valence-corrected chi connectivity index (χ3v) is 5.83. The minimum Gasteiger partial charge on any atom is -0.493 e. The number of hydrogen-bond donors (Lipinski definition) is 1. The van der Waals surface area contributed by atoms with Crippen LogP contribution in [0.15, 0.2) is 41.6 Å². The van der Waals surface area contributed by atoms with Crippen LogP contribution in [0.25, 0.3) is 0 Å². The molecule has 0 saturated heterocycles. The molecule has 0 fully saturated rings. The number of benzene rings is 2. The summed E-state index contributed by atoms with van der Waals surface area (Å²) in [6.45, 7) is 1.66. The van der Waals surface area contributed by atoms with Crippen LogP contribution in [-0.2, 0) is 20.2 Å². The lowest BCUT2D eigenvalue weighted by Gasteiger charge is -2.16. The summed E-state index contributed by atoms with van der Waals surface area (Å²) in [5, 5.41) is 16.7. The normalized spacial score (nSPS) is 10.9. The highest BCUT2D eigenvalue weighted by molar-refractivity contribution is 7.99. The molecule has 0 aliphatic heterocycles. The molecule has 0 unspecified atom stereocenters. The highest BCUT2D eigenvalue weighted by atomic mass is 35.5. The Bertz CT molecular complexity index is 934. The first kappa shape index (κ1) is 21.7. The molecule has 7 nitrogen and oxygen atoms in total. The Hall–Kier alpha value is -2.00. The van der Waals surface area contributed by atoms with E-state index in [0.29, 0.717) is 28.1 Å². The van der Waals surface area contributed by atoms with E-state index in [0.717, 1.165) is 28.6 Å². The van der Waals surface area contributed by atoms with Gasteiger partial charge in [0, 0.05) is 47.1 Å². The monoisotopic (exact) mass is 453 g/mol. The maximum absolute atomic E-state index is 6.25. The molecule has 1 aromatic heterocycles. The molecule has 0 spiro atoms. The molecule has 2 aromatic carbocycles. The number of nitrogens with one attached hydrogen (secondary N) is 1. The number of tetrazole rings is 1. The van der Waals surface area contributed by atoms with Crippen molar-refractivity contribution in [1.29, 1.82) is 0 Å². The van der Waals surface area contributed by atoms with E-state index < -0.39 is 0 Å². The van der Waals surface area contributed by atoms with Crippen LogP contribution >= 0.6 is 35.0 Å². The zero-order valence-corrected chi connectivity index (χ0v) is 18.4. The van der Waals surface area contributed by atoms with E-state index >= 15 is 0 Å². The number of halogens is 2. The van der Waals surface area contributed by atoms with Crippen LogP contribution in [-0.4, -0.2) is 39.6 Å². The van der Waals surface area contributed by atoms with Gasteiger partial charge in [-0.25, -0.2) is 4.68 Å². The zero-order chi connectivity index (χ0) is 20.6. The van der Waals surface area contributed by atoms with Gasteiger partial charge < -0.3 is 14.8 Å². The van der Waals surface area contributed by atoms with E-state index in [-0.39, 0.29) is 6.61 Å². The molecule has 0 radical (unpaired) electrons. The standard InChI is InChI=1S/C19H21Cl2N5O2S/c1-26-19(23-24-25-26)29-10-9-22-11-13-5-3-8-17(27-2)18(13)28-12-14-15(20)6-4-7-16(14)21/h3-8,22H,9-12H2,1-2H3. The molecule has 154 valence electrons. The average Bonchev–Trinajstić information content (AvgIpc) is 3.12. The van der Waals surface area contributed by atoms with Crippen molar-refractivity contribution in [1.82, 2.24) is 25.5 Å². The largest absolute Gasteiger partial charge is 0.493 e. The summed E-state index contributed by atoms with van der Waals surface area (Å²) < 4.78 is 13.2. The third kappa shape index (κ3) is 5.76. The van der Waals surface area contributed by atoms with Gasteiger partial charge in [-0.3, -0.25) is 0 Å². The van der Waals surface area contributed by atoms with Gasteiger partial charge in [0.2, 0.25) is 5.16 Å². The number of aryl methyl sites for hydroxylation is 1. The van der Waals surface area contributed by atoms with Gasteiger partial charge in [-0.05, 0) is 28.6 Å². The number of methoxy groups -OCH3 is 1. The molecule has 10 heteroatoms. The molecule has 0 aliphatic rings. The Morgan fingerprint density at radius 2 is 1.90 bits per heavy atom. The van der Waals surface area contributed by atoms with Gasteiger partial charge in [-0.1, -0.05) is 53.2 Å². The fraction of sp³-hybridized carbons (Fsp3) is 0.316. The smallest absolute Gasteiger partial charge is 0.209 e. The number of thioether (sulfide) groups is 1. The van der Waals surface area contributed by atoms with Gasteiger partial charge in [0.05, 0.1) is 7.11 Å². The second-order valence-electron chi connectivity index (χ2n) is 6.05. The van der Waals surface area contributed by atoms with Gasteiger partial charge >= 0.3 is 0 Å². The molecule has 29 heavy (non-hydrogen) atoms. The number of hydrogen-bond acceptors (Lipinski definition) is 7. The maximum atomic E-state index is 6.25. The van der Waals surface area contributed by atoms with E-state index in [9.17, 15) is 0 Å². The highest BCUT2D eigenvalue weighted by Crippen LogP contribution is 2.33. The fourth-order valence-electron chi connectivity index (χ4n) is 2.62. The van der Waals surface area contributed by atoms with Crippen molar-refractivity contribution < 1.29 is 9.47 Å². The van der Waals surface area contributed by atoms with Gasteiger partial charge in [0.25, 0.3) is 0 Å². The highest BCUT2D eigenvalue weighted by Gasteiger charge is 2.13. The minimum absolute atomic E-state index is 0.251. The van der Waals surface area contributed by atoms with Crippen LogP contribution in [0, 0.1) is 0 Å². The van der Waals surface area contributed by atoms with E-state index in [4.69, 9.17) is 32.7 Å². The summed E-state index contributed by atoms with van der Waals surface area (Å²) in [5.74, 6) is 2.17. The Kier molecular flexibility index (Phi) is 8.00. The fourth-order valence-corrected chi connectivity index (χ4v) is 3.87. The summed E-state index contributed by atoms with van der Waals surface area (Å²) in [6.07, 6.45) is 0. The van der Waals surface area contributed by atoms with Crippen molar-refractivity contribution in [2.24, 2.45) is 7.05 Å². The SMILES string of the molecule is COc1cccc(CNCCSc2nnnn2C)c1OCc1c(Cl)cccc1Cl. The molecule has 1 heterocycles. The summed E-state index contributed by atoms with van der Waals surface area (Å²) in [7, 11) is 3.44. The number of rotatable bonds is 10. The molecule has 3 aromatic rings. The van der Waals surface area contributed by atoms with Crippen molar-refractivity contribution in [2.75, 3.05) is 19.4 Å². The minimum atomic E-state index is 0.251. The molecule has 1 N–H and O–H groups in total. The van der Waals surface area contributed by atoms with Crippen LogP contribution in [0.5, 0.6) is 11.5 Å². The van der Waals surface area contributed by atoms with E-state index in [1.807, 2.05) is 31.3 Å². The topological polar surface area (TPSA) is 74.1 Å². The lowest BCUT2D eigenvalue weighted by molar-refractivity contribution is 0.281. The van der Waals surface area contributed by atoms with Gasteiger partial charge in [0.15, 0.2) is 11.5 Å². The van der Waals surface area contributed by atoms with Crippen LogP contribution in [0.2, 0.25) is 10.0 Å². The predicted molar refractivity (Wildman–Crippen MR) is 115 cm³/mol. The first-order valence-electron chi connectivity index (χ1n) is 8.87. The Morgan fingerprint density at radius 1 is 1.14 bits per heavy atom. The van der Waals surface area contributed by atoms with Gasteiger partial charge in [-0.15, -0.1) is 5.10 Å². The summed E-state index contributed by atoms with van der Waals surface area (Å²) >= 11 is 14.1. The second kappa shape index (κ2) is 10.7. The Morgan fingerprint density at radius 3 is 2.59 bits per heavy atom. The summed E-state index contributed by atoms with van der Waals surface area (Å²) in [4.78, 5) is 0. The van der Waals surface area contributed by atoms with Crippen molar-refractivity contribution in [3.8, 4) is 11.5 Å². The molecular weight excluding hydrogens is 433 g/mol. The Labute approximate surface area is 183 Å². The summed E-state index contributed by atoms with van der Waals surface area (Å²) in [5.41, 5.74) is 1.73. The van der Waals surface area contributed by atoms with Gasteiger partial charge in [0.1, 0.15) is 6.61 Å². The Balaban J connectivity index is 1.60. The molecule has 0 amide bonds. The van der Waals surface area contributed by atoms with Crippen LogP contribution < -0.4 is 14.8 Å². The molecule has 0 bridgehead atoms. The second-order valence-corrected chi connectivity index (χ2v) is 7.92.